The molecular weight excluding hydrogens is 282 g/mol. The zero-order valence-corrected chi connectivity index (χ0v) is 12.1. The Hall–Kier alpha value is -2.56. The molecule has 0 saturated carbocycles. The summed E-state index contributed by atoms with van der Waals surface area (Å²) in [6.45, 7) is 0.709. The van der Waals surface area contributed by atoms with Crippen molar-refractivity contribution in [1.29, 1.82) is 0 Å². The van der Waals surface area contributed by atoms with E-state index in [-0.39, 0.29) is 12.5 Å². The molecule has 0 saturated heterocycles. The number of aryl methyl sites for hydroxylation is 1. The molecule has 1 unspecified atom stereocenters. The van der Waals surface area contributed by atoms with Crippen molar-refractivity contribution in [2.45, 2.75) is 25.3 Å². The largest absolute Gasteiger partial charge is 0.481 e. The Labute approximate surface area is 128 Å². The number of rotatable bonds is 4. The van der Waals surface area contributed by atoms with Crippen LogP contribution < -0.4 is 0 Å². The molecule has 2 aromatic rings. The third-order valence-electron chi connectivity index (χ3n) is 4.05. The number of hydrogen-bond donors (Lipinski definition) is 1. The van der Waals surface area contributed by atoms with Crippen molar-refractivity contribution < 1.29 is 19.1 Å². The molecule has 0 aliphatic carbocycles. The van der Waals surface area contributed by atoms with Gasteiger partial charge in [0.1, 0.15) is 0 Å². The first kappa shape index (κ1) is 14.4. The quantitative estimate of drug-likeness (QED) is 0.941. The smallest absolute Gasteiger partial charge is 0.312 e. The molecule has 114 valence electrons. The Morgan fingerprint density at radius 2 is 2.09 bits per heavy atom. The Bertz CT molecular complexity index is 678. The zero-order valence-electron chi connectivity index (χ0n) is 12.1. The first-order chi connectivity index (χ1) is 10.6. The first-order valence-electron chi connectivity index (χ1n) is 7.24. The maximum Gasteiger partial charge on any atom is 0.312 e. The summed E-state index contributed by atoms with van der Waals surface area (Å²) in [5.41, 5.74) is 2.70. The SMILES string of the molecule is O=C(O)C1CN(C(=O)CCc2ccoc2)Cc2ccccc21. The summed E-state index contributed by atoms with van der Waals surface area (Å²) in [7, 11) is 0. The molecule has 1 atom stereocenters. The number of carbonyl (C=O) groups excluding carboxylic acids is 1. The molecule has 0 bridgehead atoms. The number of carbonyl (C=O) groups is 2. The lowest BCUT2D eigenvalue weighted by molar-refractivity contribution is -0.141. The standard InChI is InChI=1S/C17H17NO4/c19-16(6-5-12-7-8-22-11-12)18-9-13-3-1-2-4-14(13)15(10-18)17(20)21/h1-4,7-8,11,15H,5-6,9-10H2,(H,20,21). The van der Waals surface area contributed by atoms with Crippen LogP contribution in [0.4, 0.5) is 0 Å². The van der Waals surface area contributed by atoms with E-state index >= 15 is 0 Å². The number of amides is 1. The van der Waals surface area contributed by atoms with Gasteiger partial charge < -0.3 is 14.4 Å². The highest BCUT2D eigenvalue weighted by Gasteiger charge is 2.32. The van der Waals surface area contributed by atoms with Gasteiger partial charge in [-0.15, -0.1) is 0 Å². The van der Waals surface area contributed by atoms with Gasteiger partial charge in [0.05, 0.1) is 18.4 Å². The summed E-state index contributed by atoms with van der Waals surface area (Å²) >= 11 is 0. The molecule has 2 heterocycles. The molecule has 0 spiro atoms. The van der Waals surface area contributed by atoms with Gasteiger partial charge in [0.25, 0.3) is 0 Å². The minimum Gasteiger partial charge on any atom is -0.481 e. The predicted octanol–water partition coefficient (Wildman–Crippen LogP) is 2.42. The van der Waals surface area contributed by atoms with E-state index in [0.29, 0.717) is 19.4 Å². The Morgan fingerprint density at radius 3 is 2.82 bits per heavy atom. The molecule has 5 nitrogen and oxygen atoms in total. The van der Waals surface area contributed by atoms with Crippen LogP contribution in [0.25, 0.3) is 0 Å². The van der Waals surface area contributed by atoms with Crippen LogP contribution in [0.15, 0.2) is 47.3 Å². The van der Waals surface area contributed by atoms with Gasteiger partial charge >= 0.3 is 5.97 Å². The lowest BCUT2D eigenvalue weighted by Gasteiger charge is -2.32. The van der Waals surface area contributed by atoms with E-state index in [1.165, 1.54) is 0 Å². The van der Waals surface area contributed by atoms with Crippen LogP contribution in [0.5, 0.6) is 0 Å². The number of carboxylic acids is 1. The number of aliphatic carboxylic acids is 1. The topological polar surface area (TPSA) is 70.8 Å². The van der Waals surface area contributed by atoms with Gasteiger partial charge in [-0.05, 0) is 29.2 Å². The van der Waals surface area contributed by atoms with Crippen LogP contribution in [-0.4, -0.2) is 28.4 Å². The van der Waals surface area contributed by atoms with Crippen LogP contribution in [-0.2, 0) is 22.6 Å². The fourth-order valence-corrected chi connectivity index (χ4v) is 2.85. The van der Waals surface area contributed by atoms with Crippen LogP contribution in [0.3, 0.4) is 0 Å². The highest BCUT2D eigenvalue weighted by molar-refractivity contribution is 5.81. The number of furan rings is 1. The van der Waals surface area contributed by atoms with Crippen LogP contribution in [0, 0.1) is 0 Å². The van der Waals surface area contributed by atoms with Gasteiger partial charge in [-0.1, -0.05) is 24.3 Å². The highest BCUT2D eigenvalue weighted by atomic mass is 16.4. The average molecular weight is 299 g/mol. The predicted molar refractivity (Wildman–Crippen MR) is 79.3 cm³/mol. The second kappa shape index (κ2) is 6.05. The summed E-state index contributed by atoms with van der Waals surface area (Å²) in [6.07, 6.45) is 4.16. The van der Waals surface area contributed by atoms with Crippen molar-refractivity contribution >= 4 is 11.9 Å². The molecule has 1 N–H and O–H groups in total. The summed E-state index contributed by atoms with van der Waals surface area (Å²) in [6, 6.07) is 9.27. The van der Waals surface area contributed by atoms with E-state index < -0.39 is 11.9 Å². The fourth-order valence-electron chi connectivity index (χ4n) is 2.85. The second-order valence-electron chi connectivity index (χ2n) is 5.50. The van der Waals surface area contributed by atoms with Crippen molar-refractivity contribution in [3.05, 3.63) is 59.5 Å². The number of hydrogen-bond acceptors (Lipinski definition) is 3. The van der Waals surface area contributed by atoms with Crippen molar-refractivity contribution in [2.24, 2.45) is 0 Å². The van der Waals surface area contributed by atoms with E-state index in [2.05, 4.69) is 0 Å². The Morgan fingerprint density at radius 1 is 1.27 bits per heavy atom. The summed E-state index contributed by atoms with van der Waals surface area (Å²) in [5, 5.41) is 9.41. The molecule has 5 heteroatoms. The van der Waals surface area contributed by atoms with E-state index in [0.717, 1.165) is 16.7 Å². The number of fused-ring (bicyclic) bond motifs is 1. The average Bonchev–Trinajstić information content (AvgIpc) is 3.04. The summed E-state index contributed by atoms with van der Waals surface area (Å²) < 4.78 is 4.98. The molecule has 1 amide bonds. The maximum absolute atomic E-state index is 12.4. The molecule has 1 aliphatic rings. The van der Waals surface area contributed by atoms with Crippen molar-refractivity contribution in [2.75, 3.05) is 6.54 Å². The van der Waals surface area contributed by atoms with Gasteiger partial charge in [-0.25, -0.2) is 0 Å². The molecular formula is C17H17NO4. The van der Waals surface area contributed by atoms with Gasteiger partial charge in [-0.2, -0.15) is 0 Å². The minimum absolute atomic E-state index is 0.0260. The van der Waals surface area contributed by atoms with Crippen molar-refractivity contribution in [1.82, 2.24) is 4.90 Å². The summed E-state index contributed by atoms with van der Waals surface area (Å²) in [4.78, 5) is 25.5. The fraction of sp³-hybridized carbons (Fsp3) is 0.294. The molecule has 22 heavy (non-hydrogen) atoms. The highest BCUT2D eigenvalue weighted by Crippen LogP contribution is 2.28. The van der Waals surface area contributed by atoms with E-state index in [4.69, 9.17) is 4.42 Å². The molecule has 0 fully saturated rings. The van der Waals surface area contributed by atoms with Crippen LogP contribution in [0.1, 0.15) is 29.0 Å². The maximum atomic E-state index is 12.4. The minimum atomic E-state index is -0.889. The third-order valence-corrected chi connectivity index (χ3v) is 4.05. The van der Waals surface area contributed by atoms with Crippen molar-refractivity contribution in [3.63, 3.8) is 0 Å². The molecule has 0 radical (unpaired) electrons. The zero-order chi connectivity index (χ0) is 15.5. The number of benzene rings is 1. The Balaban J connectivity index is 1.73. The monoisotopic (exact) mass is 299 g/mol. The van der Waals surface area contributed by atoms with Gasteiger partial charge in [-0.3, -0.25) is 9.59 Å². The molecule has 3 rings (SSSR count). The second-order valence-corrected chi connectivity index (χ2v) is 5.50. The Kier molecular flexibility index (Phi) is 3.96. The van der Waals surface area contributed by atoms with Crippen molar-refractivity contribution in [3.8, 4) is 0 Å². The van der Waals surface area contributed by atoms with Crippen LogP contribution in [0.2, 0.25) is 0 Å². The third kappa shape index (κ3) is 2.88. The lowest BCUT2D eigenvalue weighted by Crippen LogP contribution is -2.40. The molecule has 1 aliphatic heterocycles. The van der Waals surface area contributed by atoms with E-state index in [1.807, 2.05) is 30.3 Å². The number of carboxylic acid groups (broad SMARTS) is 1. The first-order valence-corrected chi connectivity index (χ1v) is 7.24. The van der Waals surface area contributed by atoms with Gasteiger partial charge in [0, 0.05) is 19.5 Å². The van der Waals surface area contributed by atoms with Gasteiger partial charge in [0.15, 0.2) is 0 Å². The van der Waals surface area contributed by atoms with Gasteiger partial charge in [0.2, 0.25) is 5.91 Å². The summed E-state index contributed by atoms with van der Waals surface area (Å²) in [5.74, 6) is -1.57. The molecule has 1 aromatic heterocycles. The normalized spacial score (nSPS) is 17.1. The van der Waals surface area contributed by atoms with E-state index in [1.54, 1.807) is 17.4 Å². The lowest BCUT2D eigenvalue weighted by atomic mass is 9.89. The van der Waals surface area contributed by atoms with Crippen LogP contribution >= 0.6 is 0 Å². The van der Waals surface area contributed by atoms with E-state index in [9.17, 15) is 14.7 Å². The number of nitrogens with zero attached hydrogens (tertiary/aromatic N) is 1. The molecule has 1 aromatic carbocycles.